The molecule has 1 amide bonds. The summed E-state index contributed by atoms with van der Waals surface area (Å²) in [6.07, 6.45) is 3.66. The molecule has 1 aliphatic rings. The number of aromatic amines is 1. The zero-order chi connectivity index (χ0) is 13.9. The van der Waals surface area contributed by atoms with E-state index in [0.29, 0.717) is 23.0 Å². The lowest BCUT2D eigenvalue weighted by Gasteiger charge is -2.10. The minimum absolute atomic E-state index is 0.0144. The predicted molar refractivity (Wildman–Crippen MR) is 74.6 cm³/mol. The Balaban J connectivity index is 1.75. The van der Waals surface area contributed by atoms with Crippen molar-refractivity contribution in [3.05, 3.63) is 34.9 Å². The number of H-pyrrole nitrogens is 1. The van der Waals surface area contributed by atoms with Gasteiger partial charge in [-0.25, -0.2) is 4.98 Å². The van der Waals surface area contributed by atoms with Crippen LogP contribution in [-0.2, 0) is 9.53 Å². The Morgan fingerprint density at radius 1 is 1.50 bits per heavy atom. The van der Waals surface area contributed by atoms with Gasteiger partial charge < -0.3 is 15.0 Å². The van der Waals surface area contributed by atoms with Gasteiger partial charge in [-0.2, -0.15) is 0 Å². The monoisotopic (exact) mass is 273 g/mol. The largest absolute Gasteiger partial charge is 0.378 e. The molecular weight excluding hydrogens is 258 g/mol. The first kappa shape index (κ1) is 12.8. The smallest absolute Gasteiger partial charge is 0.258 e. The third-order valence-electron chi connectivity index (χ3n) is 3.36. The number of carbonyl (C=O) groups is 1. The van der Waals surface area contributed by atoms with Gasteiger partial charge in [0.1, 0.15) is 0 Å². The summed E-state index contributed by atoms with van der Waals surface area (Å²) < 4.78 is 5.42. The Kier molecular flexibility index (Phi) is 3.47. The molecule has 20 heavy (non-hydrogen) atoms. The van der Waals surface area contributed by atoms with Crippen molar-refractivity contribution in [3.8, 4) is 0 Å². The SMILES string of the molecule is O=C(C[C@H]1CCCO1)Nc1ccc2nc[nH]c(=O)c2c1. The molecule has 2 N–H and O–H groups in total. The number of carbonyl (C=O) groups excluding carboxylic acids is 1. The number of hydrogen-bond acceptors (Lipinski definition) is 4. The van der Waals surface area contributed by atoms with E-state index < -0.39 is 0 Å². The number of aromatic nitrogens is 2. The lowest BCUT2D eigenvalue weighted by Crippen LogP contribution is -2.19. The number of ether oxygens (including phenoxy) is 1. The van der Waals surface area contributed by atoms with E-state index in [4.69, 9.17) is 4.74 Å². The number of anilines is 1. The lowest BCUT2D eigenvalue weighted by atomic mass is 10.1. The van der Waals surface area contributed by atoms with Crippen molar-refractivity contribution in [1.29, 1.82) is 0 Å². The second-order valence-corrected chi connectivity index (χ2v) is 4.85. The standard InChI is InChI=1S/C14H15N3O3/c18-13(7-10-2-1-5-20-10)17-9-3-4-12-11(6-9)14(19)16-8-15-12/h3-4,6,8,10H,1-2,5,7H2,(H,17,18)(H,15,16,19)/t10-/m1/s1. The Labute approximate surface area is 115 Å². The van der Waals surface area contributed by atoms with Crippen molar-refractivity contribution in [3.63, 3.8) is 0 Å². The van der Waals surface area contributed by atoms with E-state index in [2.05, 4.69) is 15.3 Å². The molecule has 0 bridgehead atoms. The molecule has 1 atom stereocenters. The van der Waals surface area contributed by atoms with Crippen LogP contribution >= 0.6 is 0 Å². The summed E-state index contributed by atoms with van der Waals surface area (Å²) in [6, 6.07) is 5.09. The first-order chi connectivity index (χ1) is 9.72. The van der Waals surface area contributed by atoms with Gasteiger partial charge in [-0.1, -0.05) is 0 Å². The van der Waals surface area contributed by atoms with Crippen molar-refractivity contribution >= 4 is 22.5 Å². The molecule has 2 aromatic rings. The number of nitrogens with one attached hydrogen (secondary N) is 2. The number of hydrogen-bond donors (Lipinski definition) is 2. The topological polar surface area (TPSA) is 84.1 Å². The highest BCUT2D eigenvalue weighted by atomic mass is 16.5. The van der Waals surface area contributed by atoms with E-state index in [-0.39, 0.29) is 17.6 Å². The van der Waals surface area contributed by atoms with Gasteiger partial charge in [-0.05, 0) is 31.0 Å². The fourth-order valence-electron chi connectivity index (χ4n) is 2.37. The molecule has 0 radical (unpaired) electrons. The average Bonchev–Trinajstić information content (AvgIpc) is 2.92. The number of rotatable bonds is 3. The van der Waals surface area contributed by atoms with E-state index in [1.54, 1.807) is 18.2 Å². The fraction of sp³-hybridized carbons (Fsp3) is 0.357. The first-order valence-electron chi connectivity index (χ1n) is 6.61. The van der Waals surface area contributed by atoms with Crippen LogP contribution < -0.4 is 10.9 Å². The molecule has 1 aliphatic heterocycles. The van der Waals surface area contributed by atoms with Crippen LogP contribution in [0, 0.1) is 0 Å². The van der Waals surface area contributed by atoms with Crippen LogP contribution in [-0.4, -0.2) is 28.6 Å². The number of nitrogens with zero attached hydrogens (tertiary/aromatic N) is 1. The average molecular weight is 273 g/mol. The van der Waals surface area contributed by atoms with E-state index in [1.165, 1.54) is 6.33 Å². The third kappa shape index (κ3) is 2.70. The van der Waals surface area contributed by atoms with Gasteiger partial charge in [0.15, 0.2) is 0 Å². The summed E-state index contributed by atoms with van der Waals surface area (Å²) in [7, 11) is 0. The minimum Gasteiger partial charge on any atom is -0.378 e. The van der Waals surface area contributed by atoms with Gasteiger partial charge >= 0.3 is 0 Å². The summed E-state index contributed by atoms with van der Waals surface area (Å²) in [5.41, 5.74) is 0.982. The van der Waals surface area contributed by atoms with Crippen molar-refractivity contribution in [2.24, 2.45) is 0 Å². The summed E-state index contributed by atoms with van der Waals surface area (Å²) in [5, 5.41) is 3.25. The van der Waals surface area contributed by atoms with E-state index >= 15 is 0 Å². The van der Waals surface area contributed by atoms with Gasteiger partial charge in [0.05, 0.1) is 29.8 Å². The van der Waals surface area contributed by atoms with Crippen LogP contribution in [0.2, 0.25) is 0 Å². The lowest BCUT2D eigenvalue weighted by molar-refractivity contribution is -0.118. The molecule has 0 spiro atoms. The highest BCUT2D eigenvalue weighted by Gasteiger charge is 2.19. The summed E-state index contributed by atoms with van der Waals surface area (Å²) in [5.74, 6) is -0.100. The zero-order valence-corrected chi connectivity index (χ0v) is 10.9. The second-order valence-electron chi connectivity index (χ2n) is 4.85. The van der Waals surface area contributed by atoms with Crippen LogP contribution in [0.3, 0.4) is 0 Å². The Morgan fingerprint density at radius 2 is 2.40 bits per heavy atom. The van der Waals surface area contributed by atoms with Crippen LogP contribution in [0.25, 0.3) is 10.9 Å². The Hall–Kier alpha value is -2.21. The van der Waals surface area contributed by atoms with Crippen molar-refractivity contribution < 1.29 is 9.53 Å². The molecule has 6 heteroatoms. The molecule has 1 fully saturated rings. The maximum absolute atomic E-state index is 11.9. The molecule has 1 saturated heterocycles. The molecule has 2 heterocycles. The van der Waals surface area contributed by atoms with E-state index in [0.717, 1.165) is 19.4 Å². The van der Waals surface area contributed by atoms with Gasteiger partial charge in [0.2, 0.25) is 5.91 Å². The van der Waals surface area contributed by atoms with Crippen LogP contribution in [0.1, 0.15) is 19.3 Å². The van der Waals surface area contributed by atoms with Crippen molar-refractivity contribution in [2.45, 2.75) is 25.4 Å². The maximum atomic E-state index is 11.9. The molecule has 6 nitrogen and oxygen atoms in total. The Bertz CT molecular complexity index is 689. The first-order valence-corrected chi connectivity index (χ1v) is 6.61. The summed E-state index contributed by atoms with van der Waals surface area (Å²) in [6.45, 7) is 0.731. The number of benzene rings is 1. The molecule has 3 rings (SSSR count). The van der Waals surface area contributed by atoms with Crippen molar-refractivity contribution in [2.75, 3.05) is 11.9 Å². The van der Waals surface area contributed by atoms with Gasteiger partial charge in [-0.3, -0.25) is 9.59 Å². The van der Waals surface area contributed by atoms with Gasteiger partial charge in [0.25, 0.3) is 5.56 Å². The van der Waals surface area contributed by atoms with Crippen LogP contribution in [0.4, 0.5) is 5.69 Å². The van der Waals surface area contributed by atoms with Gasteiger partial charge in [-0.15, -0.1) is 0 Å². The molecule has 1 aromatic carbocycles. The van der Waals surface area contributed by atoms with E-state index in [9.17, 15) is 9.59 Å². The second kappa shape index (κ2) is 5.42. The molecule has 0 unspecified atom stereocenters. The summed E-state index contributed by atoms with van der Waals surface area (Å²) >= 11 is 0. The maximum Gasteiger partial charge on any atom is 0.258 e. The Morgan fingerprint density at radius 3 is 3.20 bits per heavy atom. The molecule has 0 aliphatic carbocycles. The van der Waals surface area contributed by atoms with Gasteiger partial charge in [0, 0.05) is 12.3 Å². The fourth-order valence-corrected chi connectivity index (χ4v) is 2.37. The quantitative estimate of drug-likeness (QED) is 0.886. The van der Waals surface area contributed by atoms with Crippen LogP contribution in [0.15, 0.2) is 29.3 Å². The minimum atomic E-state index is -0.217. The molecular formula is C14H15N3O3. The van der Waals surface area contributed by atoms with Crippen LogP contribution in [0.5, 0.6) is 0 Å². The number of fused-ring (bicyclic) bond motifs is 1. The predicted octanol–water partition coefficient (Wildman–Crippen LogP) is 1.43. The zero-order valence-electron chi connectivity index (χ0n) is 10.9. The van der Waals surface area contributed by atoms with Crippen molar-refractivity contribution in [1.82, 2.24) is 9.97 Å². The summed E-state index contributed by atoms with van der Waals surface area (Å²) in [4.78, 5) is 30.1. The highest BCUT2D eigenvalue weighted by Crippen LogP contribution is 2.18. The highest BCUT2D eigenvalue weighted by molar-refractivity contribution is 5.93. The third-order valence-corrected chi connectivity index (χ3v) is 3.36. The molecule has 0 saturated carbocycles. The molecule has 104 valence electrons. The molecule has 1 aromatic heterocycles. The number of amides is 1. The van der Waals surface area contributed by atoms with E-state index in [1.807, 2.05) is 0 Å². The normalized spacial score (nSPS) is 18.3.